The van der Waals surface area contributed by atoms with Crippen LogP contribution < -0.4 is 10.9 Å². The van der Waals surface area contributed by atoms with Crippen molar-refractivity contribution in [1.29, 1.82) is 0 Å². The van der Waals surface area contributed by atoms with E-state index in [0.29, 0.717) is 21.4 Å². The van der Waals surface area contributed by atoms with Gasteiger partial charge in [-0.05, 0) is 24.3 Å². The van der Waals surface area contributed by atoms with Crippen LogP contribution in [0.3, 0.4) is 0 Å². The van der Waals surface area contributed by atoms with Crippen molar-refractivity contribution in [3.8, 4) is 0 Å². The number of amides is 1. The molecule has 6 nitrogen and oxygen atoms in total. The number of anilines is 1. The number of pyridine rings is 2. The molecular formula is C15H11N3O3. The van der Waals surface area contributed by atoms with Crippen LogP contribution in [0.15, 0.2) is 59.5 Å². The molecule has 2 heterocycles. The van der Waals surface area contributed by atoms with E-state index in [9.17, 15) is 14.8 Å². The Hall–Kier alpha value is -3.15. The first-order valence-corrected chi connectivity index (χ1v) is 6.23. The average molecular weight is 281 g/mol. The molecule has 1 aromatic carbocycles. The van der Waals surface area contributed by atoms with Crippen LogP contribution >= 0.6 is 0 Å². The third kappa shape index (κ3) is 2.34. The fraction of sp³-hybridized carbons (Fsp3) is 0. The summed E-state index contributed by atoms with van der Waals surface area (Å²) in [7, 11) is 0. The van der Waals surface area contributed by atoms with Gasteiger partial charge in [0, 0.05) is 23.2 Å². The van der Waals surface area contributed by atoms with Gasteiger partial charge in [-0.2, -0.15) is 0 Å². The molecule has 0 unspecified atom stereocenters. The van der Waals surface area contributed by atoms with E-state index in [1.165, 1.54) is 6.20 Å². The van der Waals surface area contributed by atoms with Crippen LogP contribution in [0.25, 0.3) is 11.0 Å². The molecule has 21 heavy (non-hydrogen) atoms. The van der Waals surface area contributed by atoms with Gasteiger partial charge in [0.05, 0.1) is 5.69 Å². The number of carbonyl (C=O) groups excluding carboxylic acids is 1. The maximum atomic E-state index is 12.2. The van der Waals surface area contributed by atoms with Gasteiger partial charge in [-0.15, -0.1) is 4.73 Å². The van der Waals surface area contributed by atoms with Crippen molar-refractivity contribution in [3.05, 3.63) is 70.6 Å². The fourth-order valence-corrected chi connectivity index (χ4v) is 2.03. The Balaban J connectivity index is 2.08. The minimum Gasteiger partial charge on any atom is -0.423 e. The van der Waals surface area contributed by atoms with Crippen molar-refractivity contribution < 1.29 is 10.0 Å². The Labute approximate surface area is 119 Å². The van der Waals surface area contributed by atoms with E-state index in [1.54, 1.807) is 36.4 Å². The van der Waals surface area contributed by atoms with Gasteiger partial charge in [-0.25, -0.2) is 4.98 Å². The molecule has 0 aliphatic carbocycles. The average Bonchev–Trinajstić information content (AvgIpc) is 2.53. The summed E-state index contributed by atoms with van der Waals surface area (Å²) < 4.78 is 0.452. The van der Waals surface area contributed by atoms with Gasteiger partial charge in [-0.1, -0.05) is 18.2 Å². The molecule has 3 rings (SSSR count). The summed E-state index contributed by atoms with van der Waals surface area (Å²) in [6.45, 7) is 0. The molecule has 3 aromatic rings. The van der Waals surface area contributed by atoms with Crippen molar-refractivity contribution in [2.75, 3.05) is 5.32 Å². The van der Waals surface area contributed by atoms with E-state index >= 15 is 0 Å². The van der Waals surface area contributed by atoms with E-state index in [0.717, 1.165) is 6.07 Å². The van der Waals surface area contributed by atoms with E-state index in [1.807, 2.05) is 6.07 Å². The highest BCUT2D eigenvalue weighted by atomic mass is 16.5. The molecule has 0 radical (unpaired) electrons. The fourth-order valence-electron chi connectivity index (χ4n) is 2.03. The third-order valence-corrected chi connectivity index (χ3v) is 3.04. The molecule has 0 bridgehead atoms. The monoisotopic (exact) mass is 281 g/mol. The largest absolute Gasteiger partial charge is 0.423 e. The Kier molecular flexibility index (Phi) is 3.12. The van der Waals surface area contributed by atoms with Crippen LogP contribution in [-0.2, 0) is 0 Å². The van der Waals surface area contributed by atoms with E-state index in [2.05, 4.69) is 10.3 Å². The van der Waals surface area contributed by atoms with Gasteiger partial charge in [0.15, 0.2) is 5.65 Å². The molecule has 6 heteroatoms. The van der Waals surface area contributed by atoms with Gasteiger partial charge in [-0.3, -0.25) is 9.59 Å². The first-order valence-electron chi connectivity index (χ1n) is 6.23. The van der Waals surface area contributed by atoms with Crippen molar-refractivity contribution in [3.63, 3.8) is 0 Å². The van der Waals surface area contributed by atoms with Crippen molar-refractivity contribution in [2.24, 2.45) is 0 Å². The minimum atomic E-state index is -0.662. The number of carbonyl (C=O) groups is 1. The van der Waals surface area contributed by atoms with E-state index < -0.39 is 5.56 Å². The first-order chi connectivity index (χ1) is 10.2. The lowest BCUT2D eigenvalue weighted by Gasteiger charge is -2.09. The van der Waals surface area contributed by atoms with Crippen LogP contribution in [0.4, 0.5) is 5.69 Å². The molecule has 2 N–H and O–H groups in total. The maximum absolute atomic E-state index is 12.2. The van der Waals surface area contributed by atoms with Gasteiger partial charge in [0.25, 0.3) is 11.5 Å². The molecule has 0 aliphatic heterocycles. The summed E-state index contributed by atoms with van der Waals surface area (Å²) in [5, 5.41) is 12.8. The van der Waals surface area contributed by atoms with Crippen LogP contribution in [0, 0.1) is 0 Å². The standard InChI is InChI=1S/C15H11N3O3/c19-13-9-12(11-7-4-8-16-14(11)18(13)21)17-15(20)10-5-2-1-3-6-10/h1-9,21H,(H,17,20). The lowest BCUT2D eigenvalue weighted by atomic mass is 10.2. The highest BCUT2D eigenvalue weighted by molar-refractivity contribution is 6.08. The number of hydrogen-bond donors (Lipinski definition) is 2. The van der Waals surface area contributed by atoms with Gasteiger partial charge >= 0.3 is 0 Å². The Morgan fingerprint density at radius 2 is 1.90 bits per heavy atom. The smallest absolute Gasteiger partial charge is 0.286 e. The summed E-state index contributed by atoms with van der Waals surface area (Å²) >= 11 is 0. The molecule has 0 aliphatic rings. The molecule has 0 fully saturated rings. The quantitative estimate of drug-likeness (QED) is 0.702. The molecule has 1 amide bonds. The second-order valence-electron chi connectivity index (χ2n) is 4.40. The summed E-state index contributed by atoms with van der Waals surface area (Å²) in [6, 6.07) is 13.1. The van der Waals surface area contributed by atoms with Crippen LogP contribution in [0.5, 0.6) is 0 Å². The highest BCUT2D eigenvalue weighted by Gasteiger charge is 2.12. The van der Waals surface area contributed by atoms with E-state index in [4.69, 9.17) is 0 Å². The number of rotatable bonds is 2. The second-order valence-corrected chi connectivity index (χ2v) is 4.40. The molecule has 2 aromatic heterocycles. The van der Waals surface area contributed by atoms with Crippen molar-refractivity contribution in [1.82, 2.24) is 9.71 Å². The molecule has 104 valence electrons. The number of nitrogens with one attached hydrogen (secondary N) is 1. The first kappa shape index (κ1) is 12.9. The molecular weight excluding hydrogens is 270 g/mol. The zero-order valence-corrected chi connectivity index (χ0v) is 10.9. The zero-order chi connectivity index (χ0) is 14.8. The van der Waals surface area contributed by atoms with Crippen molar-refractivity contribution >= 4 is 22.6 Å². The zero-order valence-electron chi connectivity index (χ0n) is 10.9. The van der Waals surface area contributed by atoms with Crippen LogP contribution in [-0.4, -0.2) is 20.8 Å². The lowest BCUT2D eigenvalue weighted by Crippen LogP contribution is -2.21. The van der Waals surface area contributed by atoms with Gasteiger partial charge in [0.1, 0.15) is 0 Å². The molecule has 0 saturated carbocycles. The number of hydrogen-bond acceptors (Lipinski definition) is 4. The minimum absolute atomic E-state index is 0.0911. The summed E-state index contributed by atoms with van der Waals surface area (Å²) in [5.74, 6) is -0.337. The van der Waals surface area contributed by atoms with Crippen molar-refractivity contribution in [2.45, 2.75) is 0 Å². The topological polar surface area (TPSA) is 84.2 Å². The Morgan fingerprint density at radius 3 is 2.67 bits per heavy atom. The van der Waals surface area contributed by atoms with E-state index in [-0.39, 0.29) is 11.6 Å². The van der Waals surface area contributed by atoms with Crippen LogP contribution in [0.2, 0.25) is 0 Å². The van der Waals surface area contributed by atoms with Gasteiger partial charge in [0.2, 0.25) is 0 Å². The van der Waals surface area contributed by atoms with Crippen LogP contribution in [0.1, 0.15) is 10.4 Å². The predicted molar refractivity (Wildman–Crippen MR) is 77.6 cm³/mol. The maximum Gasteiger partial charge on any atom is 0.286 e. The Bertz CT molecular complexity index is 872. The highest BCUT2D eigenvalue weighted by Crippen LogP contribution is 2.19. The summed E-state index contributed by atoms with van der Waals surface area (Å²) in [4.78, 5) is 27.8. The SMILES string of the molecule is O=C(Nc1cc(=O)n(O)c2ncccc12)c1ccccc1. The lowest BCUT2D eigenvalue weighted by molar-refractivity contribution is 0.102. The summed E-state index contributed by atoms with van der Waals surface area (Å²) in [5.41, 5.74) is 0.211. The third-order valence-electron chi connectivity index (χ3n) is 3.04. The normalized spacial score (nSPS) is 10.5. The predicted octanol–water partition coefficient (Wildman–Crippen LogP) is 1.89. The number of benzene rings is 1. The summed E-state index contributed by atoms with van der Waals surface area (Å²) in [6.07, 6.45) is 1.46. The molecule has 0 spiro atoms. The molecule has 0 saturated heterocycles. The number of aromatic nitrogens is 2. The molecule has 0 atom stereocenters. The van der Waals surface area contributed by atoms with Gasteiger partial charge < -0.3 is 10.5 Å². The number of nitrogens with zero attached hydrogens (tertiary/aromatic N) is 2. The number of fused-ring (bicyclic) bond motifs is 1. The second kappa shape index (κ2) is 5.09. The Morgan fingerprint density at radius 1 is 1.14 bits per heavy atom.